The van der Waals surface area contributed by atoms with Gasteiger partial charge in [-0.05, 0) is 30.7 Å². The summed E-state index contributed by atoms with van der Waals surface area (Å²) < 4.78 is 5.96. The molecular formula is C18H17NO. The molecule has 0 fully saturated rings. The molecule has 1 atom stereocenters. The summed E-state index contributed by atoms with van der Waals surface area (Å²) in [6.45, 7) is 5.72. The second-order valence-corrected chi connectivity index (χ2v) is 4.64. The molecule has 0 amide bonds. The summed E-state index contributed by atoms with van der Waals surface area (Å²) in [4.78, 5) is 0. The van der Waals surface area contributed by atoms with E-state index < -0.39 is 0 Å². The predicted octanol–water partition coefficient (Wildman–Crippen LogP) is 4.57. The van der Waals surface area contributed by atoms with Crippen LogP contribution in [0.3, 0.4) is 0 Å². The van der Waals surface area contributed by atoms with Crippen LogP contribution in [0, 0.1) is 11.3 Å². The van der Waals surface area contributed by atoms with Gasteiger partial charge >= 0.3 is 0 Å². The highest BCUT2D eigenvalue weighted by Gasteiger charge is 2.10. The van der Waals surface area contributed by atoms with Crippen LogP contribution in [0.4, 0.5) is 0 Å². The van der Waals surface area contributed by atoms with Crippen molar-refractivity contribution < 1.29 is 4.74 Å². The number of nitrogens with zero attached hydrogens (tertiary/aromatic N) is 1. The minimum Gasteiger partial charge on any atom is -0.490 e. The van der Waals surface area contributed by atoms with E-state index in [-0.39, 0.29) is 6.10 Å². The van der Waals surface area contributed by atoms with E-state index in [9.17, 15) is 0 Å². The zero-order valence-corrected chi connectivity index (χ0v) is 11.5. The Bertz CT molecular complexity index is 626. The van der Waals surface area contributed by atoms with Crippen LogP contribution in [-0.4, -0.2) is 6.10 Å². The number of nitriles is 1. The Kier molecular flexibility index (Phi) is 4.57. The van der Waals surface area contributed by atoms with E-state index in [2.05, 4.69) is 12.6 Å². The Morgan fingerprint density at radius 2 is 2.00 bits per heavy atom. The monoisotopic (exact) mass is 263 g/mol. The fraction of sp³-hybridized carbons (Fsp3) is 0.167. The summed E-state index contributed by atoms with van der Waals surface area (Å²) in [5, 5.41) is 9.04. The van der Waals surface area contributed by atoms with Gasteiger partial charge in [-0.3, -0.25) is 0 Å². The number of benzene rings is 2. The molecule has 2 aromatic rings. The molecule has 0 spiro atoms. The summed E-state index contributed by atoms with van der Waals surface area (Å²) in [7, 11) is 0. The van der Waals surface area contributed by atoms with Gasteiger partial charge in [-0.1, -0.05) is 36.4 Å². The predicted molar refractivity (Wildman–Crippen MR) is 81.5 cm³/mol. The smallest absolute Gasteiger partial charge is 0.128 e. The maximum absolute atomic E-state index is 9.04. The molecule has 0 aliphatic rings. The average Bonchev–Trinajstić information content (AvgIpc) is 2.48. The van der Waals surface area contributed by atoms with Crippen molar-refractivity contribution in [3.05, 3.63) is 66.7 Å². The van der Waals surface area contributed by atoms with Crippen molar-refractivity contribution in [2.45, 2.75) is 19.4 Å². The van der Waals surface area contributed by atoms with Crippen LogP contribution in [-0.2, 0) is 0 Å². The van der Waals surface area contributed by atoms with E-state index in [0.717, 1.165) is 23.3 Å². The van der Waals surface area contributed by atoms with E-state index in [4.69, 9.17) is 10.00 Å². The van der Waals surface area contributed by atoms with Crippen molar-refractivity contribution in [3.63, 3.8) is 0 Å². The Morgan fingerprint density at radius 1 is 1.25 bits per heavy atom. The SMILES string of the molecule is C=CC[C@H](C)Oc1cc(C#N)ccc1-c1ccccc1. The van der Waals surface area contributed by atoms with Crippen molar-refractivity contribution in [1.82, 2.24) is 0 Å². The minimum atomic E-state index is 0.0314. The third-order valence-corrected chi connectivity index (χ3v) is 3.02. The molecule has 2 heteroatoms. The van der Waals surface area contributed by atoms with Crippen molar-refractivity contribution in [2.75, 3.05) is 0 Å². The third kappa shape index (κ3) is 3.27. The molecule has 0 aliphatic heterocycles. The highest BCUT2D eigenvalue weighted by Crippen LogP contribution is 2.31. The molecule has 2 aromatic carbocycles. The molecular weight excluding hydrogens is 246 g/mol. The highest BCUT2D eigenvalue weighted by molar-refractivity contribution is 5.71. The van der Waals surface area contributed by atoms with Gasteiger partial charge in [0, 0.05) is 12.0 Å². The van der Waals surface area contributed by atoms with E-state index in [1.54, 1.807) is 6.07 Å². The fourth-order valence-corrected chi connectivity index (χ4v) is 2.05. The summed E-state index contributed by atoms with van der Waals surface area (Å²) in [5.41, 5.74) is 2.68. The zero-order valence-electron chi connectivity index (χ0n) is 11.5. The summed E-state index contributed by atoms with van der Waals surface area (Å²) in [6, 6.07) is 17.7. The molecule has 2 nitrogen and oxygen atoms in total. The lowest BCUT2D eigenvalue weighted by molar-refractivity contribution is 0.226. The molecule has 0 bridgehead atoms. The lowest BCUT2D eigenvalue weighted by Crippen LogP contribution is -2.11. The Labute approximate surface area is 119 Å². The van der Waals surface area contributed by atoms with Crippen LogP contribution in [0.1, 0.15) is 18.9 Å². The summed E-state index contributed by atoms with van der Waals surface area (Å²) in [6.07, 6.45) is 2.63. The number of hydrogen-bond donors (Lipinski definition) is 0. The molecule has 0 unspecified atom stereocenters. The molecule has 0 saturated heterocycles. The Hall–Kier alpha value is -2.53. The van der Waals surface area contributed by atoms with Gasteiger partial charge in [0.05, 0.1) is 17.7 Å². The van der Waals surface area contributed by atoms with Crippen molar-refractivity contribution >= 4 is 0 Å². The molecule has 20 heavy (non-hydrogen) atoms. The van der Waals surface area contributed by atoms with Crippen LogP contribution < -0.4 is 4.74 Å². The highest BCUT2D eigenvalue weighted by atomic mass is 16.5. The van der Waals surface area contributed by atoms with Gasteiger partial charge in [0.2, 0.25) is 0 Å². The Morgan fingerprint density at radius 3 is 2.65 bits per heavy atom. The second kappa shape index (κ2) is 6.58. The van der Waals surface area contributed by atoms with Crippen molar-refractivity contribution in [1.29, 1.82) is 5.26 Å². The lowest BCUT2D eigenvalue weighted by Gasteiger charge is -2.16. The largest absolute Gasteiger partial charge is 0.490 e. The van der Waals surface area contributed by atoms with Crippen LogP contribution in [0.15, 0.2) is 61.2 Å². The van der Waals surface area contributed by atoms with Gasteiger partial charge in [-0.2, -0.15) is 5.26 Å². The molecule has 0 aromatic heterocycles. The Balaban J connectivity index is 2.41. The summed E-state index contributed by atoms with van der Waals surface area (Å²) >= 11 is 0. The van der Waals surface area contributed by atoms with E-state index >= 15 is 0 Å². The maximum Gasteiger partial charge on any atom is 0.128 e. The van der Waals surface area contributed by atoms with Gasteiger partial charge in [-0.25, -0.2) is 0 Å². The quantitative estimate of drug-likeness (QED) is 0.740. The fourth-order valence-electron chi connectivity index (χ4n) is 2.05. The van der Waals surface area contributed by atoms with Crippen molar-refractivity contribution in [3.8, 4) is 22.9 Å². The maximum atomic E-state index is 9.04. The van der Waals surface area contributed by atoms with Crippen LogP contribution >= 0.6 is 0 Å². The zero-order chi connectivity index (χ0) is 14.4. The van der Waals surface area contributed by atoms with Gasteiger partial charge < -0.3 is 4.74 Å². The molecule has 2 rings (SSSR count). The van der Waals surface area contributed by atoms with Gasteiger partial charge in [0.1, 0.15) is 5.75 Å². The van der Waals surface area contributed by atoms with Crippen molar-refractivity contribution in [2.24, 2.45) is 0 Å². The van der Waals surface area contributed by atoms with E-state index in [0.29, 0.717) is 5.56 Å². The topological polar surface area (TPSA) is 33.0 Å². The normalized spacial score (nSPS) is 11.4. The standard InChI is InChI=1S/C18H17NO/c1-3-7-14(2)20-18-12-15(13-19)10-11-17(18)16-8-5-4-6-9-16/h3-6,8-12,14H,1,7H2,2H3/t14-/m0/s1. The molecule has 0 heterocycles. The second-order valence-electron chi connectivity index (χ2n) is 4.64. The first kappa shape index (κ1) is 13.9. The molecule has 0 saturated carbocycles. The first-order valence-corrected chi connectivity index (χ1v) is 6.61. The van der Waals surface area contributed by atoms with E-state index in [1.807, 2.05) is 55.5 Å². The molecule has 100 valence electrons. The summed E-state index contributed by atoms with van der Waals surface area (Å²) in [5.74, 6) is 0.740. The number of hydrogen-bond acceptors (Lipinski definition) is 2. The molecule has 0 aliphatic carbocycles. The van der Waals surface area contributed by atoms with Crippen LogP contribution in [0.5, 0.6) is 5.75 Å². The van der Waals surface area contributed by atoms with Gasteiger partial charge in [-0.15, -0.1) is 6.58 Å². The van der Waals surface area contributed by atoms with Crippen LogP contribution in [0.25, 0.3) is 11.1 Å². The molecule has 0 radical (unpaired) electrons. The first-order chi connectivity index (χ1) is 9.74. The average molecular weight is 263 g/mol. The third-order valence-electron chi connectivity index (χ3n) is 3.02. The number of ether oxygens (including phenoxy) is 1. The van der Waals surface area contributed by atoms with E-state index in [1.165, 1.54) is 0 Å². The first-order valence-electron chi connectivity index (χ1n) is 6.61. The lowest BCUT2D eigenvalue weighted by atomic mass is 10.0. The minimum absolute atomic E-state index is 0.0314. The van der Waals surface area contributed by atoms with Crippen LogP contribution in [0.2, 0.25) is 0 Å². The van der Waals surface area contributed by atoms with Gasteiger partial charge in [0.15, 0.2) is 0 Å². The molecule has 0 N–H and O–H groups in total. The van der Waals surface area contributed by atoms with Gasteiger partial charge in [0.25, 0.3) is 0 Å². The number of rotatable bonds is 5.